The number of nitrogens with zero attached hydrogens (tertiary/aromatic N) is 1. The van der Waals surface area contributed by atoms with E-state index in [9.17, 15) is 14.4 Å². The zero-order valence-electron chi connectivity index (χ0n) is 12.9. The number of anilines is 1. The second-order valence-corrected chi connectivity index (χ2v) is 7.34. The molecule has 4 atom stereocenters. The monoisotopic (exact) mass is 307 g/mol. The van der Waals surface area contributed by atoms with Crippen LogP contribution in [0.3, 0.4) is 0 Å². The third-order valence-corrected chi connectivity index (χ3v) is 6.36. The van der Waals surface area contributed by atoms with Gasteiger partial charge >= 0.3 is 0 Å². The Morgan fingerprint density at radius 2 is 1.70 bits per heavy atom. The van der Waals surface area contributed by atoms with Crippen molar-refractivity contribution in [1.29, 1.82) is 0 Å². The summed E-state index contributed by atoms with van der Waals surface area (Å²) in [5, 5.41) is 0. The zero-order valence-corrected chi connectivity index (χ0v) is 12.9. The Bertz CT molecular complexity index is 771. The minimum absolute atomic E-state index is 0.0650. The summed E-state index contributed by atoms with van der Waals surface area (Å²) in [6.07, 6.45) is 6.62. The smallest absolute Gasteiger partial charge is 0.238 e. The second kappa shape index (κ2) is 3.99. The molecule has 0 N–H and O–H groups in total. The quantitative estimate of drug-likeness (QED) is 0.479. The van der Waals surface area contributed by atoms with Crippen LogP contribution in [0.4, 0.5) is 5.69 Å². The molecule has 1 heterocycles. The van der Waals surface area contributed by atoms with Crippen LogP contribution in [0.15, 0.2) is 36.4 Å². The first kappa shape index (κ1) is 13.2. The van der Waals surface area contributed by atoms with Gasteiger partial charge in [0, 0.05) is 5.56 Å². The Morgan fingerprint density at radius 1 is 1.09 bits per heavy atom. The molecule has 1 aromatic rings. The first-order valence-electron chi connectivity index (χ1n) is 8.22. The van der Waals surface area contributed by atoms with Gasteiger partial charge in [-0.15, -0.1) is 0 Å². The summed E-state index contributed by atoms with van der Waals surface area (Å²) in [4.78, 5) is 38.8. The standard InChI is InChI=1S/C19H17NO3/c1-10(21)11-3-2-4-12(9-11)20-17(22)15-13-5-6-14(16(15)18(20)23)19(13)7-8-19/h2-6,9,13-16H,7-8H2,1H3/t13-,14-,15-,16-/m0/s1. The molecule has 1 aromatic carbocycles. The van der Waals surface area contributed by atoms with Crippen molar-refractivity contribution in [3.63, 3.8) is 0 Å². The maximum Gasteiger partial charge on any atom is 0.238 e. The molecular weight excluding hydrogens is 290 g/mol. The molecular formula is C19H17NO3. The maximum atomic E-state index is 13.0. The summed E-state index contributed by atoms with van der Waals surface area (Å²) in [6.45, 7) is 1.49. The summed E-state index contributed by atoms with van der Waals surface area (Å²) in [6, 6.07) is 6.84. The number of fused-ring (bicyclic) bond motifs is 3. The Morgan fingerprint density at radius 3 is 2.22 bits per heavy atom. The summed E-state index contributed by atoms with van der Waals surface area (Å²) in [5.41, 5.74) is 1.28. The van der Waals surface area contributed by atoms with E-state index in [1.807, 2.05) is 0 Å². The minimum Gasteiger partial charge on any atom is -0.295 e. The molecule has 4 nitrogen and oxygen atoms in total. The zero-order chi connectivity index (χ0) is 15.9. The molecule has 5 rings (SSSR count). The number of benzene rings is 1. The molecule has 0 aromatic heterocycles. The van der Waals surface area contributed by atoms with Crippen LogP contribution in [-0.4, -0.2) is 17.6 Å². The van der Waals surface area contributed by atoms with Crippen molar-refractivity contribution in [2.45, 2.75) is 19.8 Å². The van der Waals surface area contributed by atoms with Crippen LogP contribution in [0, 0.1) is 29.1 Å². The Balaban J connectivity index is 1.56. The number of rotatable bonds is 2. The third-order valence-electron chi connectivity index (χ3n) is 6.36. The van der Waals surface area contributed by atoms with Crippen LogP contribution in [0.1, 0.15) is 30.1 Å². The first-order valence-corrected chi connectivity index (χ1v) is 8.22. The third kappa shape index (κ3) is 1.44. The second-order valence-electron chi connectivity index (χ2n) is 7.34. The van der Waals surface area contributed by atoms with Gasteiger partial charge in [0.05, 0.1) is 17.5 Å². The Kier molecular flexibility index (Phi) is 2.30. The maximum absolute atomic E-state index is 13.0. The van der Waals surface area contributed by atoms with Crippen LogP contribution < -0.4 is 4.90 Å². The Labute approximate surface area is 134 Å². The molecule has 4 heteroatoms. The van der Waals surface area contributed by atoms with Crippen LogP contribution in [-0.2, 0) is 9.59 Å². The molecule has 2 bridgehead atoms. The van der Waals surface area contributed by atoms with Crippen molar-refractivity contribution < 1.29 is 14.4 Å². The lowest BCUT2D eigenvalue weighted by Gasteiger charge is -2.22. The van der Waals surface area contributed by atoms with Gasteiger partial charge in [0.2, 0.25) is 11.8 Å². The SMILES string of the molecule is CC(=O)c1cccc(N2C(=O)[C@@H]3[C@@H](C2=O)[C@@H]2C=C[C@@H]3C23CC3)c1. The van der Waals surface area contributed by atoms with Gasteiger partial charge in [-0.1, -0.05) is 24.3 Å². The average molecular weight is 307 g/mol. The van der Waals surface area contributed by atoms with Crippen molar-refractivity contribution in [3.8, 4) is 0 Å². The van der Waals surface area contributed by atoms with E-state index in [2.05, 4.69) is 12.2 Å². The van der Waals surface area contributed by atoms with Crippen molar-refractivity contribution in [3.05, 3.63) is 42.0 Å². The van der Waals surface area contributed by atoms with E-state index in [1.54, 1.807) is 24.3 Å². The van der Waals surface area contributed by atoms with E-state index in [4.69, 9.17) is 0 Å². The molecule has 4 aliphatic rings. The topological polar surface area (TPSA) is 54.5 Å². The largest absolute Gasteiger partial charge is 0.295 e. The lowest BCUT2D eigenvalue weighted by molar-refractivity contribution is -0.123. The number of Topliss-reactive ketones (excluding diaryl/α,β-unsaturated/α-hetero) is 1. The average Bonchev–Trinajstić information content (AvgIpc) is 3.13. The molecule has 2 amide bonds. The van der Waals surface area contributed by atoms with E-state index in [0.29, 0.717) is 11.3 Å². The number of amides is 2. The summed E-state index contributed by atoms with van der Waals surface area (Å²) < 4.78 is 0. The molecule has 1 aliphatic heterocycles. The highest BCUT2D eigenvalue weighted by molar-refractivity contribution is 6.23. The fourth-order valence-electron chi connectivity index (χ4n) is 5.20. The molecule has 1 saturated heterocycles. The van der Waals surface area contributed by atoms with Gasteiger partial charge in [-0.3, -0.25) is 14.4 Å². The van der Waals surface area contributed by atoms with Crippen molar-refractivity contribution >= 4 is 23.3 Å². The number of hydrogen-bond acceptors (Lipinski definition) is 3. The van der Waals surface area contributed by atoms with E-state index in [0.717, 1.165) is 12.8 Å². The molecule has 116 valence electrons. The number of carbonyl (C=O) groups is 3. The highest BCUT2D eigenvalue weighted by Crippen LogP contribution is 2.73. The lowest BCUT2D eigenvalue weighted by atomic mass is 9.85. The molecule has 3 aliphatic carbocycles. The predicted octanol–water partition coefficient (Wildman–Crippen LogP) is 2.59. The fraction of sp³-hybridized carbons (Fsp3) is 0.421. The minimum atomic E-state index is -0.194. The first-order chi connectivity index (χ1) is 11.0. The molecule has 3 fully saturated rings. The number of ketones is 1. The summed E-state index contributed by atoms with van der Waals surface area (Å²) >= 11 is 0. The fourth-order valence-corrected chi connectivity index (χ4v) is 5.20. The van der Waals surface area contributed by atoms with Crippen LogP contribution >= 0.6 is 0 Å². The van der Waals surface area contributed by atoms with Gasteiger partial charge in [0.1, 0.15) is 0 Å². The van der Waals surface area contributed by atoms with Gasteiger partial charge in [-0.2, -0.15) is 0 Å². The predicted molar refractivity (Wildman–Crippen MR) is 83.7 cm³/mol. The van der Waals surface area contributed by atoms with Crippen molar-refractivity contribution in [2.24, 2.45) is 29.1 Å². The van der Waals surface area contributed by atoms with Crippen LogP contribution in [0.25, 0.3) is 0 Å². The van der Waals surface area contributed by atoms with Gasteiger partial charge in [-0.05, 0) is 49.1 Å². The van der Waals surface area contributed by atoms with Crippen molar-refractivity contribution in [2.75, 3.05) is 4.90 Å². The number of carbonyl (C=O) groups excluding carboxylic acids is 3. The van der Waals surface area contributed by atoms with E-state index < -0.39 is 0 Å². The van der Waals surface area contributed by atoms with Crippen molar-refractivity contribution in [1.82, 2.24) is 0 Å². The summed E-state index contributed by atoms with van der Waals surface area (Å²) in [5.74, 6) is -0.149. The molecule has 23 heavy (non-hydrogen) atoms. The number of allylic oxidation sites excluding steroid dienone is 2. The van der Waals surface area contributed by atoms with Gasteiger partial charge in [0.25, 0.3) is 0 Å². The van der Waals surface area contributed by atoms with E-state index in [-0.39, 0.29) is 46.7 Å². The van der Waals surface area contributed by atoms with Gasteiger partial charge < -0.3 is 0 Å². The highest BCUT2D eigenvalue weighted by Gasteiger charge is 2.73. The van der Waals surface area contributed by atoms with Gasteiger partial charge in [0.15, 0.2) is 5.78 Å². The Hall–Kier alpha value is -2.23. The van der Waals surface area contributed by atoms with Crippen LogP contribution in [0.2, 0.25) is 0 Å². The van der Waals surface area contributed by atoms with Gasteiger partial charge in [-0.25, -0.2) is 4.90 Å². The highest BCUT2D eigenvalue weighted by atomic mass is 16.2. The van der Waals surface area contributed by atoms with E-state index >= 15 is 0 Å². The summed E-state index contributed by atoms with van der Waals surface area (Å²) in [7, 11) is 0. The molecule has 1 spiro atoms. The molecule has 2 saturated carbocycles. The van der Waals surface area contributed by atoms with E-state index in [1.165, 1.54) is 11.8 Å². The molecule has 0 unspecified atom stereocenters. The number of imide groups is 1. The lowest BCUT2D eigenvalue weighted by Crippen LogP contribution is -2.34. The molecule has 0 radical (unpaired) electrons. The normalized spacial score (nSPS) is 35.3. The van der Waals surface area contributed by atoms with Crippen LogP contribution in [0.5, 0.6) is 0 Å². The number of hydrogen-bond donors (Lipinski definition) is 0.